The third-order valence-corrected chi connectivity index (χ3v) is 2.40. The van der Waals surface area contributed by atoms with E-state index in [4.69, 9.17) is 3.79 Å². The number of nitrogens with zero attached hydrogens (tertiary/aromatic N) is 1. The first kappa shape index (κ1) is 11.5. The molecule has 2 nitrogen and oxygen atoms in total. The van der Waals surface area contributed by atoms with Crippen molar-refractivity contribution in [2.75, 3.05) is 14.1 Å². The molecule has 0 spiro atoms. The maximum absolute atomic E-state index is 5.82. The minimum Gasteiger partial charge on any atom is -0.487 e. The van der Waals surface area contributed by atoms with Crippen LogP contribution >= 0.6 is 0 Å². The van der Waals surface area contributed by atoms with E-state index in [0.717, 1.165) is 6.42 Å². The van der Waals surface area contributed by atoms with Crippen LogP contribution in [0.25, 0.3) is 0 Å². The van der Waals surface area contributed by atoms with Crippen LogP contribution in [0.2, 0.25) is 11.6 Å². The van der Waals surface area contributed by atoms with Crippen LogP contribution in [0.4, 0.5) is 0 Å². The Balaban J connectivity index is 3.69. The Labute approximate surface area is 75.3 Å². The van der Waals surface area contributed by atoms with Gasteiger partial charge in [0.25, 0.3) is 0 Å². The minimum absolute atomic E-state index is 0.353. The van der Waals surface area contributed by atoms with Gasteiger partial charge in [-0.2, -0.15) is 0 Å². The van der Waals surface area contributed by atoms with Crippen LogP contribution in [0, 0.1) is 0 Å². The zero-order valence-electron chi connectivity index (χ0n) is 8.42. The molecule has 0 rings (SSSR count). The molecule has 0 aromatic carbocycles. The summed E-state index contributed by atoms with van der Waals surface area (Å²) in [6.45, 7) is 2.20. The second kappa shape index (κ2) is 6.02. The normalized spacial score (nSPS) is 13.6. The zero-order valence-corrected chi connectivity index (χ0v) is 9.58. The van der Waals surface area contributed by atoms with Gasteiger partial charge >= 0.3 is 14.5 Å². The Hall–Kier alpha value is 0.452. The highest BCUT2D eigenvalue weighted by Crippen LogP contribution is 2.05. The van der Waals surface area contributed by atoms with Crippen LogP contribution < -0.4 is 0 Å². The van der Waals surface area contributed by atoms with E-state index in [9.17, 15) is 0 Å². The van der Waals surface area contributed by atoms with Gasteiger partial charge in [-0.25, -0.2) is 0 Å². The van der Waals surface area contributed by atoms with E-state index in [-0.39, 0.29) is 0 Å². The molecule has 0 saturated heterocycles. The van der Waals surface area contributed by atoms with Crippen LogP contribution in [0.15, 0.2) is 0 Å². The molecule has 3 heteroatoms. The lowest BCUT2D eigenvalue weighted by Gasteiger charge is -2.26. The van der Waals surface area contributed by atoms with Gasteiger partial charge in [0.2, 0.25) is 0 Å². The van der Waals surface area contributed by atoms with E-state index in [1.807, 2.05) is 0 Å². The second-order valence-electron chi connectivity index (χ2n) is 3.39. The first-order chi connectivity index (χ1) is 5.07. The summed E-state index contributed by atoms with van der Waals surface area (Å²) in [6, 6.07) is 0. The van der Waals surface area contributed by atoms with Gasteiger partial charge in [0.15, 0.2) is 0 Å². The fourth-order valence-corrected chi connectivity index (χ4v) is 2.02. The molecule has 1 atom stereocenters. The van der Waals surface area contributed by atoms with Gasteiger partial charge in [-0.3, -0.25) is 4.90 Å². The largest absolute Gasteiger partial charge is 0.487 e. The summed E-state index contributed by atoms with van der Waals surface area (Å²) >= 11 is -0.858. The quantitative estimate of drug-likeness (QED) is 0.465. The molecule has 0 aromatic heterocycles. The Bertz CT molecular complexity index is 96.1. The van der Waals surface area contributed by atoms with Crippen molar-refractivity contribution >= 4 is 14.5 Å². The number of rotatable bonds is 5. The molecular formula is C8H20AlNO. The lowest BCUT2D eigenvalue weighted by Crippen LogP contribution is -2.34. The van der Waals surface area contributed by atoms with E-state index in [1.54, 1.807) is 0 Å². The standard InChI is InChI=1S/C6H14NO.2CH3.Al/c1-4-5-6(8)7(2)3;;;/h6H,4-5H2,1-3H3;2*1H3;/q-1;;;+1. The van der Waals surface area contributed by atoms with Crippen LogP contribution in [-0.4, -0.2) is 39.7 Å². The Morgan fingerprint density at radius 3 is 2.18 bits per heavy atom. The molecule has 0 amide bonds. The van der Waals surface area contributed by atoms with Gasteiger partial charge in [0.1, 0.15) is 0 Å². The molecule has 0 aliphatic heterocycles. The highest BCUT2D eigenvalue weighted by Gasteiger charge is 2.14. The van der Waals surface area contributed by atoms with Gasteiger partial charge in [0.05, 0.1) is 6.23 Å². The predicted molar refractivity (Wildman–Crippen MR) is 51.0 cm³/mol. The van der Waals surface area contributed by atoms with E-state index in [2.05, 4.69) is 37.5 Å². The lowest BCUT2D eigenvalue weighted by molar-refractivity contribution is 0.0555. The molecule has 0 bridgehead atoms. The van der Waals surface area contributed by atoms with Crippen molar-refractivity contribution < 1.29 is 3.79 Å². The molecule has 11 heavy (non-hydrogen) atoms. The van der Waals surface area contributed by atoms with Gasteiger partial charge in [-0.1, -0.05) is 24.9 Å². The maximum atomic E-state index is 5.82. The molecule has 0 radical (unpaired) electrons. The van der Waals surface area contributed by atoms with E-state index < -0.39 is 14.5 Å². The third-order valence-electron chi connectivity index (χ3n) is 1.54. The third kappa shape index (κ3) is 5.69. The molecule has 66 valence electrons. The Morgan fingerprint density at radius 2 is 1.91 bits per heavy atom. The fraction of sp³-hybridized carbons (Fsp3) is 1.00. The highest BCUT2D eigenvalue weighted by molar-refractivity contribution is 6.48. The summed E-state index contributed by atoms with van der Waals surface area (Å²) in [5.74, 6) is 4.43. The van der Waals surface area contributed by atoms with Gasteiger partial charge in [-0.05, 0) is 20.5 Å². The summed E-state index contributed by atoms with van der Waals surface area (Å²) in [5, 5.41) is 0. The van der Waals surface area contributed by atoms with Crippen LogP contribution in [0.5, 0.6) is 0 Å². The summed E-state index contributed by atoms with van der Waals surface area (Å²) in [6.07, 6.45) is 2.70. The van der Waals surface area contributed by atoms with Crippen molar-refractivity contribution in [1.29, 1.82) is 0 Å². The molecule has 0 saturated carbocycles. The molecule has 0 fully saturated rings. The minimum atomic E-state index is -0.858. The van der Waals surface area contributed by atoms with E-state index in [0.29, 0.717) is 6.23 Å². The van der Waals surface area contributed by atoms with Crippen LogP contribution in [0.1, 0.15) is 19.8 Å². The van der Waals surface area contributed by atoms with Crippen molar-refractivity contribution in [2.45, 2.75) is 37.6 Å². The lowest BCUT2D eigenvalue weighted by atomic mass is 10.3. The highest BCUT2D eigenvalue weighted by atomic mass is 27.2. The number of hydrogen-bond acceptors (Lipinski definition) is 2. The molecule has 0 heterocycles. The molecule has 0 aromatic rings. The summed E-state index contributed by atoms with van der Waals surface area (Å²) < 4.78 is 5.82. The second-order valence-corrected chi connectivity index (χ2v) is 5.76. The number of hydrogen-bond donors (Lipinski definition) is 0. The van der Waals surface area contributed by atoms with Crippen molar-refractivity contribution in [1.82, 2.24) is 4.90 Å². The van der Waals surface area contributed by atoms with E-state index in [1.165, 1.54) is 6.42 Å². The SMILES string of the molecule is CCCC([O][Al]([CH3])[CH3])N(C)C. The molecule has 1 unspecified atom stereocenters. The summed E-state index contributed by atoms with van der Waals surface area (Å²) in [7, 11) is 4.16. The van der Waals surface area contributed by atoms with Gasteiger partial charge in [0, 0.05) is 0 Å². The monoisotopic (exact) mass is 173 g/mol. The van der Waals surface area contributed by atoms with Crippen molar-refractivity contribution in [3.63, 3.8) is 0 Å². The van der Waals surface area contributed by atoms with Crippen molar-refractivity contribution in [3.05, 3.63) is 0 Å². The summed E-state index contributed by atoms with van der Waals surface area (Å²) in [5.41, 5.74) is 0. The molecular weight excluding hydrogens is 153 g/mol. The molecule has 0 aliphatic carbocycles. The first-order valence-electron chi connectivity index (χ1n) is 4.39. The Morgan fingerprint density at radius 1 is 1.36 bits per heavy atom. The fourth-order valence-electron chi connectivity index (χ4n) is 1.01. The average molecular weight is 173 g/mol. The van der Waals surface area contributed by atoms with Crippen LogP contribution in [0.3, 0.4) is 0 Å². The summed E-state index contributed by atoms with van der Waals surface area (Å²) in [4.78, 5) is 2.16. The van der Waals surface area contributed by atoms with Gasteiger partial charge in [-0.15, -0.1) is 0 Å². The zero-order chi connectivity index (χ0) is 8.85. The molecule has 0 N–H and O–H groups in total. The predicted octanol–water partition coefficient (Wildman–Crippen LogP) is 1.94. The topological polar surface area (TPSA) is 12.5 Å². The van der Waals surface area contributed by atoms with Crippen molar-refractivity contribution in [2.24, 2.45) is 0 Å². The Kier molecular flexibility index (Phi) is 6.27. The van der Waals surface area contributed by atoms with Crippen molar-refractivity contribution in [3.8, 4) is 0 Å². The maximum Gasteiger partial charge on any atom is 0.455 e. The smallest absolute Gasteiger partial charge is 0.455 e. The van der Waals surface area contributed by atoms with Crippen LogP contribution in [-0.2, 0) is 3.79 Å². The average Bonchev–Trinajstić information content (AvgIpc) is 1.86. The molecule has 0 aliphatic rings. The van der Waals surface area contributed by atoms with E-state index >= 15 is 0 Å². The van der Waals surface area contributed by atoms with Gasteiger partial charge < -0.3 is 3.79 Å². The first-order valence-corrected chi connectivity index (χ1v) is 7.17.